The fourth-order valence-corrected chi connectivity index (χ4v) is 5.73. The van der Waals surface area contributed by atoms with Gasteiger partial charge in [0.25, 0.3) is 0 Å². The van der Waals surface area contributed by atoms with Crippen LogP contribution >= 0.6 is 0 Å². The number of hydrogen-bond donors (Lipinski definition) is 0. The van der Waals surface area contributed by atoms with Crippen molar-refractivity contribution in [3.05, 3.63) is 72.8 Å². The highest BCUT2D eigenvalue weighted by atomic mass is 32.2. The summed E-state index contributed by atoms with van der Waals surface area (Å²) in [5.74, 6) is 1.70. The van der Waals surface area contributed by atoms with Gasteiger partial charge in [-0.15, -0.1) is 0 Å². The van der Waals surface area contributed by atoms with Crippen molar-refractivity contribution in [2.75, 3.05) is 6.26 Å². The van der Waals surface area contributed by atoms with Gasteiger partial charge in [-0.3, -0.25) is 9.97 Å². The van der Waals surface area contributed by atoms with E-state index in [0.29, 0.717) is 16.9 Å². The van der Waals surface area contributed by atoms with Gasteiger partial charge in [-0.25, -0.2) is 13.4 Å². The minimum absolute atomic E-state index is 0.305. The topological polar surface area (TPSA) is 77.7 Å². The zero-order valence-corrected chi connectivity index (χ0v) is 18.5. The molecule has 2 bridgehead atoms. The lowest BCUT2D eigenvalue weighted by Gasteiger charge is -2.17. The molecule has 2 atom stereocenters. The number of aromatic nitrogens is 4. The molecule has 4 aromatic rings. The maximum Gasteiger partial charge on any atom is 0.175 e. The van der Waals surface area contributed by atoms with Gasteiger partial charge in [0.15, 0.2) is 9.84 Å². The van der Waals surface area contributed by atoms with Gasteiger partial charge >= 0.3 is 0 Å². The third-order valence-corrected chi connectivity index (χ3v) is 7.72. The Labute approximate surface area is 186 Å². The van der Waals surface area contributed by atoms with Crippen molar-refractivity contribution in [3.63, 3.8) is 0 Å². The van der Waals surface area contributed by atoms with E-state index in [9.17, 15) is 8.42 Å². The van der Waals surface area contributed by atoms with Crippen molar-refractivity contribution in [2.24, 2.45) is 0 Å². The second-order valence-corrected chi connectivity index (χ2v) is 10.7. The quantitative estimate of drug-likeness (QED) is 0.449. The average Bonchev–Trinajstić information content (AvgIpc) is 3.52. The van der Waals surface area contributed by atoms with E-state index in [4.69, 9.17) is 4.98 Å². The van der Waals surface area contributed by atoms with Gasteiger partial charge in [-0.05, 0) is 55.7 Å². The standard InChI is InChI=1S/C25H22N4O2S/c1-32(30,31)20-9-6-16(7-10-20)22-15-17(11-13-27-22)24-23(21-4-2-3-12-26-21)28-25-18-5-8-19(14-18)29(24)25/h2-4,6-7,9-13,15,18-19H,5,8,14H2,1H3/t18-,19-/m1/s1. The summed E-state index contributed by atoms with van der Waals surface area (Å²) in [4.78, 5) is 14.5. The smallest absolute Gasteiger partial charge is 0.175 e. The first kappa shape index (κ1) is 19.4. The number of rotatable bonds is 4. The Bertz CT molecular complexity index is 1430. The molecule has 1 fully saturated rings. The second-order valence-electron chi connectivity index (χ2n) is 8.64. The number of sulfone groups is 1. The molecule has 0 saturated heterocycles. The molecule has 0 amide bonds. The minimum atomic E-state index is -3.23. The molecule has 0 radical (unpaired) electrons. The maximum atomic E-state index is 11.8. The second kappa shape index (κ2) is 7.10. The van der Waals surface area contributed by atoms with Crippen molar-refractivity contribution >= 4 is 9.84 Å². The molecule has 32 heavy (non-hydrogen) atoms. The lowest BCUT2D eigenvalue weighted by molar-refractivity contribution is 0.530. The molecule has 0 spiro atoms. The van der Waals surface area contributed by atoms with Crippen molar-refractivity contribution < 1.29 is 8.42 Å². The third-order valence-electron chi connectivity index (χ3n) is 6.59. The highest BCUT2D eigenvalue weighted by molar-refractivity contribution is 7.90. The first-order chi connectivity index (χ1) is 15.5. The van der Waals surface area contributed by atoms with Crippen molar-refractivity contribution in [1.29, 1.82) is 0 Å². The van der Waals surface area contributed by atoms with Gasteiger partial charge in [0.05, 0.1) is 22.0 Å². The first-order valence-electron chi connectivity index (χ1n) is 10.8. The molecule has 2 aliphatic rings. The lowest BCUT2D eigenvalue weighted by atomic mass is 10.0. The molecule has 1 aliphatic carbocycles. The molecule has 6 rings (SSSR count). The van der Waals surface area contributed by atoms with Crippen LogP contribution in [-0.4, -0.2) is 34.2 Å². The zero-order chi connectivity index (χ0) is 21.9. The largest absolute Gasteiger partial charge is 0.324 e. The SMILES string of the molecule is CS(=O)(=O)c1ccc(-c2cc(-c3c(-c4ccccn4)nc4n3[C@@H]3CC[C@@H]4C3)ccn2)cc1. The van der Waals surface area contributed by atoms with Gasteiger partial charge in [0.2, 0.25) is 0 Å². The maximum absolute atomic E-state index is 11.8. The van der Waals surface area contributed by atoms with Crippen molar-refractivity contribution in [2.45, 2.75) is 36.1 Å². The summed E-state index contributed by atoms with van der Waals surface area (Å²) in [6.45, 7) is 0. The van der Waals surface area contributed by atoms with Crippen LogP contribution in [0.15, 0.2) is 71.9 Å². The summed E-state index contributed by atoms with van der Waals surface area (Å²) in [6.07, 6.45) is 8.39. The average molecular weight is 443 g/mol. The molecule has 0 unspecified atom stereocenters. The molecule has 0 N–H and O–H groups in total. The molecule has 7 heteroatoms. The molecule has 1 saturated carbocycles. The summed E-state index contributed by atoms with van der Waals surface area (Å²) in [7, 11) is -3.23. The van der Waals surface area contributed by atoms with E-state index in [2.05, 4.69) is 20.6 Å². The number of imidazole rings is 1. The highest BCUT2D eigenvalue weighted by Gasteiger charge is 2.41. The molecule has 160 valence electrons. The number of benzene rings is 1. The predicted molar refractivity (Wildman–Crippen MR) is 123 cm³/mol. The summed E-state index contributed by atoms with van der Waals surface area (Å²) >= 11 is 0. The molecule has 6 nitrogen and oxygen atoms in total. The van der Waals surface area contributed by atoms with E-state index in [1.54, 1.807) is 18.3 Å². The predicted octanol–water partition coefficient (Wildman–Crippen LogP) is 4.90. The molecule has 1 aromatic carbocycles. The molecule has 1 aliphatic heterocycles. The van der Waals surface area contributed by atoms with Crippen LogP contribution in [0.4, 0.5) is 0 Å². The number of pyridine rings is 2. The van der Waals surface area contributed by atoms with Gasteiger partial charge in [0, 0.05) is 41.7 Å². The minimum Gasteiger partial charge on any atom is -0.324 e. The summed E-state index contributed by atoms with van der Waals surface area (Å²) in [5, 5.41) is 0. The van der Waals surface area contributed by atoms with E-state index in [1.165, 1.54) is 31.3 Å². The number of hydrogen-bond acceptors (Lipinski definition) is 5. The van der Waals surface area contributed by atoms with E-state index in [0.717, 1.165) is 33.9 Å². The number of nitrogens with zero attached hydrogens (tertiary/aromatic N) is 4. The molecular formula is C25H22N4O2S. The summed E-state index contributed by atoms with van der Waals surface area (Å²) in [6, 6.07) is 17.4. The van der Waals surface area contributed by atoms with Crippen molar-refractivity contribution in [1.82, 2.24) is 19.5 Å². The van der Waals surface area contributed by atoms with E-state index >= 15 is 0 Å². The Morgan fingerprint density at radius 3 is 2.47 bits per heavy atom. The van der Waals surface area contributed by atoms with Crippen LogP contribution in [0.25, 0.3) is 33.9 Å². The van der Waals surface area contributed by atoms with Crippen LogP contribution in [0, 0.1) is 0 Å². The third kappa shape index (κ3) is 3.07. The Kier molecular flexibility index (Phi) is 4.30. The Balaban J connectivity index is 1.49. The van der Waals surface area contributed by atoms with Gasteiger partial charge < -0.3 is 4.57 Å². The fraction of sp³-hybridized carbons (Fsp3) is 0.240. The fourth-order valence-electron chi connectivity index (χ4n) is 5.10. The number of fused-ring (bicyclic) bond motifs is 5. The van der Waals surface area contributed by atoms with Crippen LogP contribution in [-0.2, 0) is 9.84 Å². The zero-order valence-electron chi connectivity index (χ0n) is 17.6. The molecule has 4 heterocycles. The van der Waals surface area contributed by atoms with E-state index < -0.39 is 9.84 Å². The summed E-state index contributed by atoms with van der Waals surface area (Å²) < 4.78 is 26.0. The van der Waals surface area contributed by atoms with Crippen LogP contribution in [0.1, 0.15) is 37.0 Å². The molecular weight excluding hydrogens is 420 g/mol. The summed E-state index contributed by atoms with van der Waals surface area (Å²) in [5.41, 5.74) is 5.62. The van der Waals surface area contributed by atoms with Gasteiger partial charge in [-0.2, -0.15) is 0 Å². The Morgan fingerprint density at radius 1 is 0.906 bits per heavy atom. The van der Waals surface area contributed by atoms with E-state index in [1.807, 2.05) is 42.6 Å². The normalized spacial score (nSPS) is 19.3. The Morgan fingerprint density at radius 2 is 1.72 bits per heavy atom. The van der Waals surface area contributed by atoms with Crippen LogP contribution in [0.2, 0.25) is 0 Å². The highest BCUT2D eigenvalue weighted by Crippen LogP contribution is 2.52. The van der Waals surface area contributed by atoms with Crippen LogP contribution < -0.4 is 0 Å². The van der Waals surface area contributed by atoms with Crippen molar-refractivity contribution in [3.8, 4) is 33.9 Å². The van der Waals surface area contributed by atoms with Crippen LogP contribution in [0.3, 0.4) is 0 Å². The van der Waals surface area contributed by atoms with Gasteiger partial charge in [0.1, 0.15) is 11.5 Å². The first-order valence-corrected chi connectivity index (χ1v) is 12.7. The monoisotopic (exact) mass is 442 g/mol. The van der Waals surface area contributed by atoms with Gasteiger partial charge in [-0.1, -0.05) is 18.2 Å². The molecule has 3 aromatic heterocycles. The lowest BCUT2D eigenvalue weighted by Crippen LogP contribution is -2.08. The van der Waals surface area contributed by atoms with Crippen LogP contribution in [0.5, 0.6) is 0 Å². The van der Waals surface area contributed by atoms with E-state index in [-0.39, 0.29) is 0 Å². The Hall–Kier alpha value is -3.32.